The molecule has 0 saturated heterocycles. The van der Waals surface area contributed by atoms with E-state index in [1.54, 1.807) is 0 Å². The molecule has 0 saturated carbocycles. The summed E-state index contributed by atoms with van der Waals surface area (Å²) in [5, 5.41) is 23.0. The molecule has 0 bridgehead atoms. The Morgan fingerprint density at radius 3 is 2.21 bits per heavy atom. The molecule has 1 aliphatic carbocycles. The van der Waals surface area contributed by atoms with Crippen LogP contribution in [0.15, 0.2) is 66.9 Å². The standard InChI is InChI=1S/C25H24N2O6/c1-32-24(30)21-11-10-15(12-26-21)23(29)22(28)13-27-25(31)33-14-20-18-8-4-2-6-16(18)17-7-3-5-9-19(17)20/h2-12,20,22-23,28-29H,13-14H2,1H3,(H,27,31). The summed E-state index contributed by atoms with van der Waals surface area (Å²) in [7, 11) is 1.24. The third kappa shape index (κ3) is 4.72. The van der Waals surface area contributed by atoms with Gasteiger partial charge in [0.15, 0.2) is 0 Å². The molecule has 8 nitrogen and oxygen atoms in total. The fraction of sp³-hybridized carbons (Fsp3) is 0.240. The molecule has 1 aliphatic rings. The molecular weight excluding hydrogens is 424 g/mol. The zero-order chi connectivity index (χ0) is 23.4. The van der Waals surface area contributed by atoms with Crippen molar-refractivity contribution in [2.45, 2.75) is 18.1 Å². The number of aliphatic hydroxyl groups is 2. The van der Waals surface area contributed by atoms with Gasteiger partial charge in [0.1, 0.15) is 24.5 Å². The average Bonchev–Trinajstić information content (AvgIpc) is 3.18. The molecule has 2 unspecified atom stereocenters. The molecule has 33 heavy (non-hydrogen) atoms. The van der Waals surface area contributed by atoms with E-state index in [0.29, 0.717) is 5.56 Å². The third-order valence-corrected chi connectivity index (χ3v) is 5.69. The van der Waals surface area contributed by atoms with E-state index in [-0.39, 0.29) is 24.8 Å². The summed E-state index contributed by atoms with van der Waals surface area (Å²) in [4.78, 5) is 27.6. The number of nitrogens with one attached hydrogen (secondary N) is 1. The predicted octanol–water partition coefficient (Wildman–Crippen LogP) is 2.80. The lowest BCUT2D eigenvalue weighted by molar-refractivity contribution is 0.0183. The van der Waals surface area contributed by atoms with Gasteiger partial charge in [-0.15, -0.1) is 0 Å². The van der Waals surface area contributed by atoms with E-state index in [1.807, 2.05) is 36.4 Å². The van der Waals surface area contributed by atoms with Crippen LogP contribution in [-0.4, -0.2) is 53.6 Å². The first-order valence-corrected chi connectivity index (χ1v) is 10.5. The maximum atomic E-state index is 12.3. The van der Waals surface area contributed by atoms with Crippen molar-refractivity contribution in [3.63, 3.8) is 0 Å². The minimum Gasteiger partial charge on any atom is -0.464 e. The highest BCUT2D eigenvalue weighted by Gasteiger charge is 2.29. The quantitative estimate of drug-likeness (QED) is 0.476. The average molecular weight is 448 g/mol. The van der Waals surface area contributed by atoms with E-state index in [9.17, 15) is 19.8 Å². The Kier molecular flexibility index (Phi) is 6.67. The Balaban J connectivity index is 1.31. The molecule has 0 fully saturated rings. The maximum absolute atomic E-state index is 12.3. The number of hydrogen-bond donors (Lipinski definition) is 3. The monoisotopic (exact) mass is 448 g/mol. The molecular formula is C25H24N2O6. The number of hydrogen-bond acceptors (Lipinski definition) is 7. The third-order valence-electron chi connectivity index (χ3n) is 5.69. The Morgan fingerprint density at radius 2 is 1.64 bits per heavy atom. The SMILES string of the molecule is COC(=O)c1ccc(C(O)C(O)CNC(=O)OCC2c3ccccc3-c3ccccc32)cn1. The number of fused-ring (bicyclic) bond motifs is 3. The largest absolute Gasteiger partial charge is 0.464 e. The zero-order valence-electron chi connectivity index (χ0n) is 18.0. The first-order valence-electron chi connectivity index (χ1n) is 10.5. The second-order valence-electron chi connectivity index (χ2n) is 7.69. The summed E-state index contributed by atoms with van der Waals surface area (Å²) < 4.78 is 10.00. The number of aliphatic hydroxyl groups excluding tert-OH is 2. The number of methoxy groups -OCH3 is 1. The van der Waals surface area contributed by atoms with Crippen LogP contribution in [0.4, 0.5) is 4.79 Å². The zero-order valence-corrected chi connectivity index (χ0v) is 18.0. The second-order valence-corrected chi connectivity index (χ2v) is 7.69. The highest BCUT2D eigenvalue weighted by molar-refractivity contribution is 5.87. The molecule has 3 aromatic rings. The normalized spacial score (nSPS) is 14.0. The van der Waals surface area contributed by atoms with Gasteiger partial charge in [-0.2, -0.15) is 0 Å². The van der Waals surface area contributed by atoms with Gasteiger partial charge in [-0.25, -0.2) is 14.6 Å². The Hall–Kier alpha value is -3.75. The summed E-state index contributed by atoms with van der Waals surface area (Å²) in [5.74, 6) is -0.674. The summed E-state index contributed by atoms with van der Waals surface area (Å²) >= 11 is 0. The van der Waals surface area contributed by atoms with Crippen molar-refractivity contribution in [1.29, 1.82) is 0 Å². The van der Waals surface area contributed by atoms with Crippen LogP contribution in [0.1, 0.15) is 39.2 Å². The topological polar surface area (TPSA) is 118 Å². The van der Waals surface area contributed by atoms with Crippen molar-refractivity contribution in [2.24, 2.45) is 0 Å². The van der Waals surface area contributed by atoms with Crippen molar-refractivity contribution < 1.29 is 29.3 Å². The molecule has 1 heterocycles. The molecule has 3 N–H and O–H groups in total. The van der Waals surface area contributed by atoms with E-state index in [0.717, 1.165) is 22.3 Å². The number of carbonyl (C=O) groups is 2. The lowest BCUT2D eigenvalue weighted by atomic mass is 9.98. The van der Waals surface area contributed by atoms with Crippen molar-refractivity contribution in [3.8, 4) is 11.1 Å². The number of aromatic nitrogens is 1. The van der Waals surface area contributed by atoms with Gasteiger partial charge in [0.05, 0.1) is 7.11 Å². The number of amides is 1. The van der Waals surface area contributed by atoms with Crippen LogP contribution in [0.3, 0.4) is 0 Å². The molecule has 0 radical (unpaired) electrons. The Morgan fingerprint density at radius 1 is 1.00 bits per heavy atom. The fourth-order valence-electron chi connectivity index (χ4n) is 3.98. The highest BCUT2D eigenvalue weighted by atomic mass is 16.5. The summed E-state index contributed by atoms with van der Waals surface area (Å²) in [6.45, 7) is -0.0754. The lowest BCUT2D eigenvalue weighted by Gasteiger charge is -2.19. The molecule has 170 valence electrons. The smallest absolute Gasteiger partial charge is 0.407 e. The minimum absolute atomic E-state index is 0.0712. The summed E-state index contributed by atoms with van der Waals surface area (Å²) in [6.07, 6.45) is -2.02. The number of ether oxygens (including phenoxy) is 2. The summed E-state index contributed by atoms with van der Waals surface area (Å²) in [6, 6.07) is 18.9. The Labute approximate surface area is 190 Å². The van der Waals surface area contributed by atoms with Gasteiger partial charge in [-0.3, -0.25) is 0 Å². The molecule has 2 aromatic carbocycles. The van der Waals surface area contributed by atoms with E-state index < -0.39 is 24.3 Å². The van der Waals surface area contributed by atoms with Gasteiger partial charge in [0.25, 0.3) is 0 Å². The van der Waals surface area contributed by atoms with Gasteiger partial charge in [0.2, 0.25) is 0 Å². The Bertz CT molecular complexity index is 1100. The number of carbonyl (C=O) groups excluding carboxylic acids is 2. The predicted molar refractivity (Wildman–Crippen MR) is 120 cm³/mol. The van der Waals surface area contributed by atoms with Crippen molar-refractivity contribution >= 4 is 12.1 Å². The first kappa shape index (κ1) is 22.4. The number of rotatable bonds is 7. The maximum Gasteiger partial charge on any atom is 0.407 e. The van der Waals surface area contributed by atoms with Crippen LogP contribution in [0.25, 0.3) is 11.1 Å². The molecule has 8 heteroatoms. The number of pyridine rings is 1. The van der Waals surface area contributed by atoms with Crippen LogP contribution >= 0.6 is 0 Å². The van der Waals surface area contributed by atoms with Crippen molar-refractivity contribution in [3.05, 3.63) is 89.2 Å². The summed E-state index contributed by atoms with van der Waals surface area (Å²) in [5.41, 5.74) is 4.85. The number of alkyl carbamates (subject to hydrolysis) is 1. The van der Waals surface area contributed by atoms with Crippen molar-refractivity contribution in [2.75, 3.05) is 20.3 Å². The van der Waals surface area contributed by atoms with E-state index in [1.165, 1.54) is 25.4 Å². The molecule has 2 atom stereocenters. The number of nitrogens with zero attached hydrogens (tertiary/aromatic N) is 1. The van der Waals surface area contributed by atoms with Gasteiger partial charge >= 0.3 is 12.1 Å². The van der Waals surface area contributed by atoms with Gasteiger partial charge in [-0.1, -0.05) is 54.6 Å². The van der Waals surface area contributed by atoms with Crippen LogP contribution in [0.2, 0.25) is 0 Å². The van der Waals surface area contributed by atoms with Gasteiger partial charge < -0.3 is 25.0 Å². The number of esters is 1. The second kappa shape index (κ2) is 9.81. The molecule has 1 amide bonds. The fourth-order valence-corrected chi connectivity index (χ4v) is 3.98. The van der Waals surface area contributed by atoms with Crippen LogP contribution < -0.4 is 5.32 Å². The molecule has 0 aliphatic heterocycles. The van der Waals surface area contributed by atoms with Gasteiger partial charge in [0, 0.05) is 24.2 Å². The van der Waals surface area contributed by atoms with Crippen LogP contribution in [-0.2, 0) is 9.47 Å². The minimum atomic E-state index is -1.31. The van der Waals surface area contributed by atoms with E-state index in [4.69, 9.17) is 4.74 Å². The van der Waals surface area contributed by atoms with Gasteiger partial charge in [-0.05, 0) is 28.3 Å². The van der Waals surface area contributed by atoms with E-state index >= 15 is 0 Å². The molecule has 1 aromatic heterocycles. The van der Waals surface area contributed by atoms with Crippen LogP contribution in [0, 0.1) is 0 Å². The van der Waals surface area contributed by atoms with Crippen LogP contribution in [0.5, 0.6) is 0 Å². The van der Waals surface area contributed by atoms with E-state index in [2.05, 4.69) is 27.2 Å². The highest BCUT2D eigenvalue weighted by Crippen LogP contribution is 2.44. The first-order chi connectivity index (χ1) is 16.0. The van der Waals surface area contributed by atoms with Crippen molar-refractivity contribution in [1.82, 2.24) is 10.3 Å². The number of benzene rings is 2. The molecule has 0 spiro atoms. The molecule has 4 rings (SSSR count). The lowest BCUT2D eigenvalue weighted by Crippen LogP contribution is -2.36.